The zero-order valence-electron chi connectivity index (χ0n) is 13.6. The Hall–Kier alpha value is -3.40. The van der Waals surface area contributed by atoms with Crippen molar-refractivity contribution in [2.75, 3.05) is 0 Å². The van der Waals surface area contributed by atoms with Gasteiger partial charge in [0.15, 0.2) is 0 Å². The van der Waals surface area contributed by atoms with E-state index in [-0.39, 0.29) is 29.3 Å². The first-order chi connectivity index (χ1) is 13.0. The minimum absolute atomic E-state index is 0.0413. The average Bonchev–Trinajstić information content (AvgIpc) is 3.32. The van der Waals surface area contributed by atoms with E-state index < -0.39 is 10.9 Å². The number of amides is 1. The Balaban J connectivity index is 1.38. The van der Waals surface area contributed by atoms with Gasteiger partial charge in [0, 0.05) is 23.6 Å². The Morgan fingerprint density at radius 2 is 2.15 bits per heavy atom. The summed E-state index contributed by atoms with van der Waals surface area (Å²) in [6.45, 7) is -0.0484. The highest BCUT2D eigenvalue weighted by Gasteiger charge is 2.49. The van der Waals surface area contributed by atoms with E-state index in [1.165, 1.54) is 47.2 Å². The van der Waals surface area contributed by atoms with E-state index in [1.54, 1.807) is 17.6 Å². The molecule has 1 aromatic heterocycles. The maximum atomic E-state index is 12.3. The molecule has 0 saturated carbocycles. The van der Waals surface area contributed by atoms with Crippen LogP contribution in [0, 0.1) is 10.1 Å². The van der Waals surface area contributed by atoms with E-state index in [4.69, 9.17) is 9.26 Å². The fourth-order valence-corrected chi connectivity index (χ4v) is 3.77. The summed E-state index contributed by atoms with van der Waals surface area (Å²) in [5.74, 6) is -0.913. The molecule has 0 N–H and O–H groups in total. The number of thioether (sulfide) groups is 1. The van der Waals surface area contributed by atoms with Crippen molar-refractivity contribution in [3.05, 3.63) is 74.6 Å². The van der Waals surface area contributed by atoms with Crippen molar-refractivity contribution in [3.8, 4) is 0 Å². The number of ether oxygens (including phenoxy) is 1. The van der Waals surface area contributed by atoms with E-state index in [2.05, 4.69) is 5.16 Å². The lowest BCUT2D eigenvalue weighted by molar-refractivity contribution is -0.384. The molecule has 1 fully saturated rings. The van der Waals surface area contributed by atoms with Gasteiger partial charge in [0.2, 0.25) is 0 Å². The SMILES string of the molecule is O=C(OCc1ccc([N+](=O)[O-])cc1)C1=CSC2/C(=C\c3ccon3)C(=O)N12. The molecule has 1 saturated heterocycles. The number of rotatable bonds is 5. The molecule has 27 heavy (non-hydrogen) atoms. The summed E-state index contributed by atoms with van der Waals surface area (Å²) in [4.78, 5) is 36.1. The van der Waals surface area contributed by atoms with Crippen molar-refractivity contribution in [1.29, 1.82) is 0 Å². The van der Waals surface area contributed by atoms with Crippen molar-refractivity contribution >= 4 is 35.4 Å². The summed E-state index contributed by atoms with van der Waals surface area (Å²) in [7, 11) is 0. The number of non-ortho nitro benzene ring substituents is 1. The molecule has 0 aliphatic carbocycles. The highest BCUT2D eigenvalue weighted by molar-refractivity contribution is 8.03. The predicted octanol–water partition coefficient (Wildman–Crippen LogP) is 2.47. The second-order valence-electron chi connectivity index (χ2n) is 5.69. The smallest absolute Gasteiger partial charge is 0.355 e. The number of nitro groups is 1. The molecule has 1 amide bonds. The molecular formula is C17H11N3O6S. The molecule has 1 aromatic carbocycles. The van der Waals surface area contributed by atoms with Crippen LogP contribution in [-0.2, 0) is 20.9 Å². The first kappa shape index (κ1) is 17.0. The van der Waals surface area contributed by atoms with E-state index in [0.717, 1.165) is 0 Å². The van der Waals surface area contributed by atoms with Crippen molar-refractivity contribution in [2.24, 2.45) is 0 Å². The van der Waals surface area contributed by atoms with Gasteiger partial charge in [-0.3, -0.25) is 19.8 Å². The van der Waals surface area contributed by atoms with Gasteiger partial charge in [-0.05, 0) is 23.8 Å². The average molecular weight is 385 g/mol. The first-order valence-corrected chi connectivity index (χ1v) is 8.70. The highest BCUT2D eigenvalue weighted by atomic mass is 32.2. The number of nitrogens with zero attached hydrogens (tertiary/aromatic N) is 3. The molecule has 2 aliphatic rings. The van der Waals surface area contributed by atoms with Crippen LogP contribution in [0.25, 0.3) is 6.08 Å². The van der Waals surface area contributed by atoms with Crippen molar-refractivity contribution in [1.82, 2.24) is 10.1 Å². The topological polar surface area (TPSA) is 116 Å². The number of β-lactam (4-membered cyclic amide) rings is 1. The molecule has 0 spiro atoms. The third-order valence-electron chi connectivity index (χ3n) is 4.02. The maximum Gasteiger partial charge on any atom is 0.355 e. The third-order valence-corrected chi connectivity index (χ3v) is 5.10. The standard InChI is InChI=1S/C17H11N3O6S/c21-15-13(7-11-5-6-26-18-11)16-19(15)14(9-27-16)17(22)25-8-10-1-3-12(4-2-10)20(23)24/h1-7,9,16H,8H2/b13-7-. The van der Waals surface area contributed by atoms with Crippen LogP contribution in [0.3, 0.4) is 0 Å². The molecule has 0 radical (unpaired) electrons. The number of fused-ring (bicyclic) bond motifs is 1. The number of hydrogen-bond acceptors (Lipinski definition) is 8. The molecule has 9 nitrogen and oxygen atoms in total. The van der Waals surface area contributed by atoms with Gasteiger partial charge in [-0.25, -0.2) is 4.79 Å². The summed E-state index contributed by atoms with van der Waals surface area (Å²) >= 11 is 1.33. The Labute approximate surface area is 156 Å². The third kappa shape index (κ3) is 3.10. The molecule has 3 heterocycles. The predicted molar refractivity (Wildman–Crippen MR) is 93.7 cm³/mol. The fraction of sp³-hybridized carbons (Fsp3) is 0.118. The number of carbonyl (C=O) groups excluding carboxylic acids is 2. The number of nitro benzene ring substituents is 1. The summed E-state index contributed by atoms with van der Waals surface area (Å²) in [6, 6.07) is 7.34. The second kappa shape index (κ2) is 6.72. The maximum absolute atomic E-state index is 12.3. The van der Waals surface area contributed by atoms with Gasteiger partial charge in [0.1, 0.15) is 29.6 Å². The zero-order valence-corrected chi connectivity index (χ0v) is 14.4. The molecule has 2 aromatic rings. The Bertz CT molecular complexity index is 981. The van der Waals surface area contributed by atoms with Crippen LogP contribution in [-0.4, -0.2) is 32.2 Å². The van der Waals surface area contributed by atoms with Crippen LogP contribution in [0.4, 0.5) is 5.69 Å². The van der Waals surface area contributed by atoms with E-state index in [0.29, 0.717) is 16.8 Å². The Morgan fingerprint density at radius 1 is 1.37 bits per heavy atom. The lowest BCUT2D eigenvalue weighted by atomic mass is 10.0. The number of aromatic nitrogens is 1. The van der Waals surface area contributed by atoms with Gasteiger partial charge in [-0.15, -0.1) is 11.8 Å². The van der Waals surface area contributed by atoms with Crippen LogP contribution < -0.4 is 0 Å². The molecule has 2 aliphatic heterocycles. The highest BCUT2D eigenvalue weighted by Crippen LogP contribution is 2.45. The van der Waals surface area contributed by atoms with Gasteiger partial charge in [-0.1, -0.05) is 5.16 Å². The molecule has 1 unspecified atom stereocenters. The normalized spacial score (nSPS) is 19.5. The van der Waals surface area contributed by atoms with E-state index >= 15 is 0 Å². The zero-order chi connectivity index (χ0) is 19.0. The van der Waals surface area contributed by atoms with Gasteiger partial charge < -0.3 is 9.26 Å². The van der Waals surface area contributed by atoms with Gasteiger partial charge in [0.25, 0.3) is 11.6 Å². The quantitative estimate of drug-likeness (QED) is 0.253. The molecule has 136 valence electrons. The number of esters is 1. The monoisotopic (exact) mass is 385 g/mol. The van der Waals surface area contributed by atoms with Crippen LogP contribution in [0.15, 0.2) is 57.8 Å². The minimum atomic E-state index is -0.628. The van der Waals surface area contributed by atoms with Gasteiger partial charge in [0.05, 0.1) is 10.5 Å². The molecule has 0 bridgehead atoms. The van der Waals surface area contributed by atoms with Crippen LogP contribution in [0.1, 0.15) is 11.3 Å². The largest absolute Gasteiger partial charge is 0.456 e. The summed E-state index contributed by atoms with van der Waals surface area (Å²) in [5.41, 5.74) is 1.81. The number of carbonyl (C=O) groups is 2. The molecular weight excluding hydrogens is 374 g/mol. The second-order valence-corrected chi connectivity index (χ2v) is 6.64. The number of hydrogen-bond donors (Lipinski definition) is 0. The van der Waals surface area contributed by atoms with Gasteiger partial charge >= 0.3 is 5.97 Å². The molecule has 4 rings (SSSR count). The van der Waals surface area contributed by atoms with Crippen molar-refractivity contribution in [2.45, 2.75) is 12.0 Å². The fourth-order valence-electron chi connectivity index (χ4n) is 2.65. The summed E-state index contributed by atoms with van der Waals surface area (Å²) < 4.78 is 9.96. The first-order valence-electron chi connectivity index (χ1n) is 7.76. The van der Waals surface area contributed by atoms with E-state index in [1.807, 2.05) is 0 Å². The molecule has 10 heteroatoms. The summed E-state index contributed by atoms with van der Waals surface area (Å²) in [5, 5.41) is 15.7. The lowest BCUT2D eigenvalue weighted by Gasteiger charge is -2.37. The Morgan fingerprint density at radius 3 is 2.81 bits per heavy atom. The van der Waals surface area contributed by atoms with Crippen molar-refractivity contribution < 1.29 is 23.8 Å². The van der Waals surface area contributed by atoms with Crippen LogP contribution in [0.5, 0.6) is 0 Å². The van der Waals surface area contributed by atoms with Gasteiger partial charge in [-0.2, -0.15) is 0 Å². The summed E-state index contributed by atoms with van der Waals surface area (Å²) in [6.07, 6.45) is 3.04. The Kier molecular flexibility index (Phi) is 4.24. The lowest BCUT2D eigenvalue weighted by Crippen LogP contribution is -2.51. The molecule has 1 atom stereocenters. The van der Waals surface area contributed by atoms with E-state index in [9.17, 15) is 19.7 Å². The van der Waals surface area contributed by atoms with Crippen LogP contribution in [0.2, 0.25) is 0 Å². The van der Waals surface area contributed by atoms with Crippen molar-refractivity contribution in [3.63, 3.8) is 0 Å². The van der Waals surface area contributed by atoms with Crippen LogP contribution >= 0.6 is 11.8 Å². The number of benzene rings is 1. The minimum Gasteiger partial charge on any atom is -0.456 e.